The number of nitrogens with one attached hydrogen (secondary N) is 1. The van der Waals surface area contributed by atoms with Crippen molar-refractivity contribution in [2.45, 2.75) is 51.0 Å². The minimum Gasteiger partial charge on any atom is -0.327 e. The van der Waals surface area contributed by atoms with Crippen LogP contribution in [0.5, 0.6) is 0 Å². The third-order valence-corrected chi connectivity index (χ3v) is 5.32. The van der Waals surface area contributed by atoms with Gasteiger partial charge in [0.25, 0.3) is 0 Å². The van der Waals surface area contributed by atoms with Gasteiger partial charge in [-0.2, -0.15) is 0 Å². The zero-order valence-corrected chi connectivity index (χ0v) is 14.0. The molecule has 1 amide bonds. The van der Waals surface area contributed by atoms with E-state index in [1.54, 1.807) is 0 Å². The second-order valence-corrected chi connectivity index (χ2v) is 7.10. The molecule has 1 saturated heterocycles. The van der Waals surface area contributed by atoms with E-state index < -0.39 is 0 Å². The molecule has 126 valence electrons. The van der Waals surface area contributed by atoms with Crippen molar-refractivity contribution in [1.29, 1.82) is 0 Å². The Balaban J connectivity index is 1.44. The Labute approximate surface area is 139 Å². The van der Waals surface area contributed by atoms with Crippen LogP contribution in [0.4, 0.5) is 5.69 Å². The first-order chi connectivity index (χ1) is 11.2. The number of anilines is 1. The van der Waals surface area contributed by atoms with Gasteiger partial charge in [-0.15, -0.1) is 0 Å². The molecule has 1 aromatic rings. The highest BCUT2D eigenvalue weighted by Gasteiger charge is 2.25. The van der Waals surface area contributed by atoms with Crippen molar-refractivity contribution < 1.29 is 4.79 Å². The van der Waals surface area contributed by atoms with Crippen LogP contribution in [0.25, 0.3) is 0 Å². The molecule has 1 aromatic carbocycles. The first kappa shape index (κ1) is 16.5. The topological polar surface area (TPSA) is 58.4 Å². The first-order valence-electron chi connectivity index (χ1n) is 9.07. The van der Waals surface area contributed by atoms with Gasteiger partial charge in [-0.3, -0.25) is 4.79 Å². The van der Waals surface area contributed by atoms with Gasteiger partial charge in [0.1, 0.15) is 0 Å². The van der Waals surface area contributed by atoms with Gasteiger partial charge in [0, 0.05) is 24.7 Å². The standard InChI is InChI=1S/C19H29N3O/c20-18-5-3-4-16(18)14-19(23)21-17-8-6-15(7-9-17)10-13-22-11-1-2-12-22/h6-9,16,18H,1-5,10-14,20H2,(H,21,23)/t16-,18+/m0/s1. The van der Waals surface area contributed by atoms with Crippen LogP contribution in [0, 0.1) is 5.92 Å². The lowest BCUT2D eigenvalue weighted by Crippen LogP contribution is -2.28. The fourth-order valence-corrected chi connectivity index (χ4v) is 3.82. The van der Waals surface area contributed by atoms with Crippen molar-refractivity contribution in [1.82, 2.24) is 4.90 Å². The van der Waals surface area contributed by atoms with Crippen LogP contribution in [0.2, 0.25) is 0 Å². The highest BCUT2D eigenvalue weighted by Crippen LogP contribution is 2.27. The molecular formula is C19H29N3O. The second-order valence-electron chi connectivity index (χ2n) is 7.10. The van der Waals surface area contributed by atoms with Gasteiger partial charge in [0.2, 0.25) is 5.91 Å². The van der Waals surface area contributed by atoms with E-state index >= 15 is 0 Å². The summed E-state index contributed by atoms with van der Waals surface area (Å²) in [5.74, 6) is 0.451. The molecule has 2 fully saturated rings. The number of likely N-dealkylation sites (tertiary alicyclic amines) is 1. The van der Waals surface area contributed by atoms with E-state index in [0.29, 0.717) is 12.3 Å². The lowest BCUT2D eigenvalue weighted by atomic mass is 10.00. The molecule has 0 aromatic heterocycles. The number of hydrogen-bond acceptors (Lipinski definition) is 3. The first-order valence-corrected chi connectivity index (χ1v) is 9.07. The molecule has 1 heterocycles. The number of rotatable bonds is 6. The molecule has 1 saturated carbocycles. The van der Waals surface area contributed by atoms with Crippen molar-refractivity contribution in [3.05, 3.63) is 29.8 Å². The van der Waals surface area contributed by atoms with Crippen molar-refractivity contribution in [2.75, 3.05) is 25.0 Å². The minimum atomic E-state index is 0.0946. The number of carbonyl (C=O) groups is 1. The van der Waals surface area contributed by atoms with Crippen LogP contribution < -0.4 is 11.1 Å². The number of benzene rings is 1. The fraction of sp³-hybridized carbons (Fsp3) is 0.632. The van der Waals surface area contributed by atoms with Crippen LogP contribution in [0.1, 0.15) is 44.1 Å². The maximum Gasteiger partial charge on any atom is 0.224 e. The van der Waals surface area contributed by atoms with Crippen LogP contribution >= 0.6 is 0 Å². The maximum atomic E-state index is 12.1. The molecule has 3 N–H and O–H groups in total. The summed E-state index contributed by atoms with van der Waals surface area (Å²) >= 11 is 0. The summed E-state index contributed by atoms with van der Waals surface area (Å²) in [5, 5.41) is 3.01. The number of nitrogens with zero attached hydrogens (tertiary/aromatic N) is 1. The summed E-state index contributed by atoms with van der Waals surface area (Å²) in [7, 11) is 0. The number of amides is 1. The number of nitrogens with two attached hydrogens (primary N) is 1. The summed E-state index contributed by atoms with van der Waals surface area (Å²) in [6, 6.07) is 8.51. The average molecular weight is 315 g/mol. The normalized spacial score (nSPS) is 24.9. The summed E-state index contributed by atoms with van der Waals surface area (Å²) < 4.78 is 0. The molecule has 2 aliphatic rings. The fourth-order valence-electron chi connectivity index (χ4n) is 3.82. The monoisotopic (exact) mass is 315 g/mol. The second kappa shape index (κ2) is 7.93. The van der Waals surface area contributed by atoms with Gasteiger partial charge in [0.15, 0.2) is 0 Å². The molecule has 4 nitrogen and oxygen atoms in total. The lowest BCUT2D eigenvalue weighted by Gasteiger charge is -2.15. The molecule has 1 aliphatic heterocycles. The number of hydrogen-bond donors (Lipinski definition) is 2. The van der Waals surface area contributed by atoms with Crippen molar-refractivity contribution in [3.8, 4) is 0 Å². The molecular weight excluding hydrogens is 286 g/mol. The summed E-state index contributed by atoms with van der Waals surface area (Å²) in [6.07, 6.45) is 7.63. The highest BCUT2D eigenvalue weighted by molar-refractivity contribution is 5.90. The third-order valence-electron chi connectivity index (χ3n) is 5.32. The van der Waals surface area contributed by atoms with Crippen LogP contribution in [0.15, 0.2) is 24.3 Å². The van der Waals surface area contributed by atoms with Gasteiger partial charge >= 0.3 is 0 Å². The van der Waals surface area contributed by atoms with Gasteiger partial charge in [-0.25, -0.2) is 0 Å². The Morgan fingerprint density at radius 2 is 1.87 bits per heavy atom. The summed E-state index contributed by atoms with van der Waals surface area (Å²) in [5.41, 5.74) is 8.28. The molecule has 23 heavy (non-hydrogen) atoms. The lowest BCUT2D eigenvalue weighted by molar-refractivity contribution is -0.117. The zero-order chi connectivity index (χ0) is 16.1. The van der Waals surface area contributed by atoms with Crippen molar-refractivity contribution in [2.24, 2.45) is 11.7 Å². The van der Waals surface area contributed by atoms with Crippen LogP contribution in [-0.2, 0) is 11.2 Å². The van der Waals surface area contributed by atoms with Gasteiger partial charge in [-0.1, -0.05) is 18.6 Å². The molecule has 0 bridgehead atoms. The van der Waals surface area contributed by atoms with Crippen LogP contribution in [0.3, 0.4) is 0 Å². The van der Waals surface area contributed by atoms with E-state index in [1.807, 2.05) is 12.1 Å². The molecule has 4 heteroatoms. The quantitative estimate of drug-likeness (QED) is 0.848. The van der Waals surface area contributed by atoms with Crippen LogP contribution in [-0.4, -0.2) is 36.5 Å². The summed E-state index contributed by atoms with van der Waals surface area (Å²) in [4.78, 5) is 14.7. The van der Waals surface area contributed by atoms with E-state index in [1.165, 1.54) is 31.5 Å². The van der Waals surface area contributed by atoms with Crippen molar-refractivity contribution in [3.63, 3.8) is 0 Å². The molecule has 0 radical (unpaired) electrons. The van der Waals surface area contributed by atoms with Gasteiger partial charge < -0.3 is 16.0 Å². The van der Waals surface area contributed by atoms with E-state index in [2.05, 4.69) is 22.3 Å². The van der Waals surface area contributed by atoms with E-state index in [0.717, 1.165) is 37.9 Å². The average Bonchev–Trinajstić information content (AvgIpc) is 3.19. The maximum absolute atomic E-state index is 12.1. The Morgan fingerprint density at radius 1 is 1.13 bits per heavy atom. The molecule has 2 atom stereocenters. The largest absolute Gasteiger partial charge is 0.327 e. The Morgan fingerprint density at radius 3 is 2.52 bits per heavy atom. The highest BCUT2D eigenvalue weighted by atomic mass is 16.1. The SMILES string of the molecule is N[C@@H]1CCC[C@H]1CC(=O)Nc1ccc(CCN2CCCC2)cc1. The summed E-state index contributed by atoms with van der Waals surface area (Å²) in [6.45, 7) is 3.64. The smallest absolute Gasteiger partial charge is 0.224 e. The van der Waals surface area contributed by atoms with E-state index in [-0.39, 0.29) is 11.9 Å². The Bertz CT molecular complexity index is 508. The minimum absolute atomic E-state index is 0.0946. The zero-order valence-electron chi connectivity index (χ0n) is 14.0. The molecule has 0 unspecified atom stereocenters. The van der Waals surface area contributed by atoms with Gasteiger partial charge in [-0.05, 0) is 68.8 Å². The molecule has 1 aliphatic carbocycles. The Kier molecular flexibility index (Phi) is 5.68. The van der Waals surface area contributed by atoms with Gasteiger partial charge in [0.05, 0.1) is 0 Å². The predicted octanol–water partition coefficient (Wildman–Crippen LogP) is 2.78. The molecule has 0 spiro atoms. The van der Waals surface area contributed by atoms with E-state index in [9.17, 15) is 4.79 Å². The Hall–Kier alpha value is -1.39. The van der Waals surface area contributed by atoms with Crippen molar-refractivity contribution >= 4 is 11.6 Å². The number of carbonyl (C=O) groups excluding carboxylic acids is 1. The predicted molar refractivity (Wildman–Crippen MR) is 94.4 cm³/mol. The molecule has 3 rings (SSSR count). The van der Waals surface area contributed by atoms with E-state index in [4.69, 9.17) is 5.73 Å². The third kappa shape index (κ3) is 4.79.